The van der Waals surface area contributed by atoms with Gasteiger partial charge in [-0.25, -0.2) is 13.2 Å². The van der Waals surface area contributed by atoms with Crippen LogP contribution in [0.4, 0.5) is 17.6 Å². The van der Waals surface area contributed by atoms with E-state index < -0.39 is 29.2 Å². The van der Waals surface area contributed by atoms with Crippen LogP contribution in [0.25, 0.3) is 0 Å². The highest BCUT2D eigenvalue weighted by Gasteiger charge is 2.27. The van der Waals surface area contributed by atoms with Crippen LogP contribution in [0.2, 0.25) is 0 Å². The molecule has 166 valence electrons. The minimum Gasteiger partial charge on any atom is -0.486 e. The van der Waals surface area contributed by atoms with Gasteiger partial charge in [0, 0.05) is 11.8 Å². The number of halogens is 4. The van der Waals surface area contributed by atoms with Crippen LogP contribution in [-0.4, -0.2) is 6.61 Å². The Balaban J connectivity index is 1.37. The molecule has 2 unspecified atom stereocenters. The highest BCUT2D eigenvalue weighted by Crippen LogP contribution is 2.39. The Bertz CT molecular complexity index is 950. The summed E-state index contributed by atoms with van der Waals surface area (Å²) in [6, 6.07) is 3.15. The fourth-order valence-corrected chi connectivity index (χ4v) is 4.72. The minimum absolute atomic E-state index is 0.0783. The molecule has 3 aliphatic carbocycles. The van der Waals surface area contributed by atoms with E-state index in [1.54, 1.807) is 25.1 Å². The van der Waals surface area contributed by atoms with Crippen molar-refractivity contribution >= 4 is 0 Å². The van der Waals surface area contributed by atoms with Gasteiger partial charge >= 0.3 is 0 Å². The molecular weight excluding hydrogens is 404 g/mol. The van der Waals surface area contributed by atoms with Gasteiger partial charge in [-0.15, -0.1) is 0 Å². The number of allylic oxidation sites excluding steroid dienone is 6. The van der Waals surface area contributed by atoms with Gasteiger partial charge in [0.05, 0.1) is 0 Å². The highest BCUT2D eigenvalue weighted by molar-refractivity contribution is 5.40. The summed E-state index contributed by atoms with van der Waals surface area (Å²) in [5.74, 6) is -3.86. The Morgan fingerprint density at radius 1 is 0.935 bits per heavy atom. The van der Waals surface area contributed by atoms with Crippen molar-refractivity contribution in [3.63, 3.8) is 0 Å². The standard InChI is InChI=1S/C26H28F4O/c1-16-7-12-20(24(28)23(16)27)19-10-8-17(9-11-19)15-31-22-14-13-21(25(29)26(22)30)18-5-3-2-4-6-18/h8-10,12-14,16,18-19H,2-7,11,15H2,1H3. The van der Waals surface area contributed by atoms with Crippen LogP contribution in [0.5, 0.6) is 5.75 Å². The Morgan fingerprint density at radius 2 is 1.71 bits per heavy atom. The lowest BCUT2D eigenvalue weighted by atomic mass is 9.84. The van der Waals surface area contributed by atoms with Crippen LogP contribution in [0.3, 0.4) is 0 Å². The van der Waals surface area contributed by atoms with E-state index in [4.69, 9.17) is 4.74 Å². The Morgan fingerprint density at radius 3 is 2.42 bits per heavy atom. The maximum Gasteiger partial charge on any atom is 0.200 e. The summed E-state index contributed by atoms with van der Waals surface area (Å²) >= 11 is 0. The molecule has 4 rings (SSSR count). The van der Waals surface area contributed by atoms with Crippen LogP contribution < -0.4 is 4.74 Å². The van der Waals surface area contributed by atoms with Gasteiger partial charge < -0.3 is 4.74 Å². The van der Waals surface area contributed by atoms with E-state index in [0.717, 1.165) is 37.7 Å². The maximum absolute atomic E-state index is 14.6. The molecule has 0 amide bonds. The first-order valence-electron chi connectivity index (χ1n) is 11.2. The number of ether oxygens (including phenoxy) is 1. The molecule has 1 saturated carbocycles. The summed E-state index contributed by atoms with van der Waals surface area (Å²) in [5, 5.41) is 0. The van der Waals surface area contributed by atoms with Crippen molar-refractivity contribution in [1.29, 1.82) is 0 Å². The zero-order valence-electron chi connectivity index (χ0n) is 17.8. The lowest BCUT2D eigenvalue weighted by Crippen LogP contribution is -2.13. The van der Waals surface area contributed by atoms with Crippen LogP contribution in [0.15, 0.2) is 59.2 Å². The Labute approximate surface area is 181 Å². The summed E-state index contributed by atoms with van der Waals surface area (Å²) in [6.45, 7) is 1.75. The average Bonchev–Trinajstić information content (AvgIpc) is 2.80. The molecule has 1 nitrogen and oxygen atoms in total. The predicted molar refractivity (Wildman–Crippen MR) is 114 cm³/mol. The first-order chi connectivity index (χ1) is 15.0. The topological polar surface area (TPSA) is 9.23 Å². The van der Waals surface area contributed by atoms with Crippen molar-refractivity contribution in [3.05, 3.63) is 76.4 Å². The van der Waals surface area contributed by atoms with E-state index >= 15 is 0 Å². The molecule has 0 bridgehead atoms. The predicted octanol–water partition coefficient (Wildman–Crippen LogP) is 8.01. The van der Waals surface area contributed by atoms with E-state index in [0.29, 0.717) is 24.0 Å². The minimum atomic E-state index is -0.939. The molecule has 0 spiro atoms. The molecule has 1 aromatic carbocycles. The van der Waals surface area contributed by atoms with Crippen molar-refractivity contribution in [1.82, 2.24) is 0 Å². The largest absolute Gasteiger partial charge is 0.486 e. The van der Waals surface area contributed by atoms with Gasteiger partial charge in [0.2, 0.25) is 5.82 Å². The van der Waals surface area contributed by atoms with Gasteiger partial charge in [0.1, 0.15) is 12.4 Å². The third-order valence-corrected chi connectivity index (χ3v) is 6.68. The summed E-state index contributed by atoms with van der Waals surface area (Å²) in [4.78, 5) is 0. The quantitative estimate of drug-likeness (QED) is 0.428. The number of benzene rings is 1. The van der Waals surface area contributed by atoms with Crippen molar-refractivity contribution in [2.24, 2.45) is 11.8 Å². The van der Waals surface area contributed by atoms with Crippen LogP contribution >= 0.6 is 0 Å². The normalized spacial score (nSPS) is 24.8. The second-order valence-corrected chi connectivity index (χ2v) is 8.84. The molecule has 0 radical (unpaired) electrons. The Hall–Kier alpha value is -2.30. The highest BCUT2D eigenvalue weighted by atomic mass is 19.2. The second-order valence-electron chi connectivity index (χ2n) is 8.84. The smallest absolute Gasteiger partial charge is 0.200 e. The Kier molecular flexibility index (Phi) is 6.68. The van der Waals surface area contributed by atoms with E-state index in [1.807, 2.05) is 12.2 Å². The fraction of sp³-hybridized carbons (Fsp3) is 0.462. The molecule has 5 heteroatoms. The average molecular weight is 433 g/mol. The van der Waals surface area contributed by atoms with Gasteiger partial charge in [-0.05, 0) is 54.4 Å². The van der Waals surface area contributed by atoms with Crippen molar-refractivity contribution < 1.29 is 22.3 Å². The van der Waals surface area contributed by atoms with E-state index in [1.165, 1.54) is 6.07 Å². The van der Waals surface area contributed by atoms with Gasteiger partial charge in [-0.2, -0.15) is 4.39 Å². The zero-order valence-corrected chi connectivity index (χ0v) is 17.8. The number of hydrogen-bond acceptors (Lipinski definition) is 1. The summed E-state index contributed by atoms with van der Waals surface area (Å²) in [5.41, 5.74) is 1.62. The third-order valence-electron chi connectivity index (χ3n) is 6.68. The molecule has 0 N–H and O–H groups in total. The van der Waals surface area contributed by atoms with Crippen LogP contribution in [-0.2, 0) is 0 Å². The second kappa shape index (κ2) is 9.46. The SMILES string of the molecule is CC1CC=C(C2C=CC(COc3ccc(C4CCCCC4)c(F)c3F)=CC2)C(F)=C1F. The van der Waals surface area contributed by atoms with Crippen molar-refractivity contribution in [2.45, 2.75) is 57.8 Å². The van der Waals surface area contributed by atoms with Gasteiger partial charge in [0.25, 0.3) is 0 Å². The molecule has 0 aliphatic heterocycles. The number of rotatable bonds is 5. The molecule has 2 atom stereocenters. The first kappa shape index (κ1) is 21.9. The summed E-state index contributed by atoms with van der Waals surface area (Å²) in [7, 11) is 0. The lowest BCUT2D eigenvalue weighted by molar-refractivity contribution is 0.322. The van der Waals surface area contributed by atoms with Crippen molar-refractivity contribution in [3.8, 4) is 5.75 Å². The van der Waals surface area contributed by atoms with Gasteiger partial charge in [-0.3, -0.25) is 0 Å². The first-order valence-corrected chi connectivity index (χ1v) is 11.2. The number of hydrogen-bond donors (Lipinski definition) is 0. The monoisotopic (exact) mass is 432 g/mol. The van der Waals surface area contributed by atoms with Gasteiger partial charge in [-0.1, -0.05) is 56.6 Å². The molecule has 1 aromatic rings. The molecule has 0 heterocycles. The van der Waals surface area contributed by atoms with Crippen LogP contribution in [0, 0.1) is 23.5 Å². The maximum atomic E-state index is 14.6. The van der Waals surface area contributed by atoms with E-state index in [-0.39, 0.29) is 24.2 Å². The fourth-order valence-electron chi connectivity index (χ4n) is 4.72. The van der Waals surface area contributed by atoms with E-state index in [2.05, 4.69) is 0 Å². The summed E-state index contributed by atoms with van der Waals surface area (Å²) in [6.07, 6.45) is 13.3. The molecule has 3 aliphatic rings. The van der Waals surface area contributed by atoms with E-state index in [9.17, 15) is 17.6 Å². The van der Waals surface area contributed by atoms with Gasteiger partial charge in [0.15, 0.2) is 17.4 Å². The van der Waals surface area contributed by atoms with Crippen LogP contribution in [0.1, 0.15) is 63.4 Å². The molecule has 31 heavy (non-hydrogen) atoms. The molecule has 0 aromatic heterocycles. The molecule has 1 fully saturated rings. The molecule has 0 saturated heterocycles. The lowest BCUT2D eigenvalue weighted by Gasteiger charge is -2.24. The summed E-state index contributed by atoms with van der Waals surface area (Å²) < 4.78 is 62.9. The zero-order chi connectivity index (χ0) is 22.0. The van der Waals surface area contributed by atoms with Crippen molar-refractivity contribution in [2.75, 3.05) is 6.61 Å². The third kappa shape index (κ3) is 4.65. The molecular formula is C26H28F4O.